The molecule has 0 amide bonds. The van der Waals surface area contributed by atoms with E-state index in [4.69, 9.17) is 9.84 Å². The zero-order chi connectivity index (χ0) is 11.6. The van der Waals surface area contributed by atoms with Gasteiger partial charge in [0.1, 0.15) is 31.8 Å². The number of rotatable bonds is 2. The Morgan fingerprint density at radius 3 is 2.20 bits per heavy atom. The molecule has 0 radical (unpaired) electrons. The fraction of sp³-hybridized carbons (Fsp3) is 1.00. The van der Waals surface area contributed by atoms with Gasteiger partial charge >= 0.3 is 6.18 Å². The Kier molecular flexibility index (Phi) is 3.97. The molecule has 4 atom stereocenters. The lowest BCUT2D eigenvalue weighted by Crippen LogP contribution is -3.16. The van der Waals surface area contributed by atoms with E-state index in [1.165, 1.54) is 0 Å². The summed E-state index contributed by atoms with van der Waals surface area (Å²) in [5.74, 6) is 0. The Bertz CT molecular complexity index is 200. The lowest BCUT2D eigenvalue weighted by Gasteiger charge is -2.33. The van der Waals surface area contributed by atoms with E-state index in [0.717, 1.165) is 4.90 Å². The van der Waals surface area contributed by atoms with Crippen molar-refractivity contribution in [3.8, 4) is 0 Å². The highest BCUT2D eigenvalue weighted by Crippen LogP contribution is 2.18. The average Bonchev–Trinajstić information content (AvgIpc) is 1.99. The number of aliphatic hydroxyl groups is 1. The molecule has 6 heteroatoms. The van der Waals surface area contributed by atoms with Gasteiger partial charge < -0.3 is 14.7 Å². The van der Waals surface area contributed by atoms with Gasteiger partial charge in [-0.3, -0.25) is 0 Å². The van der Waals surface area contributed by atoms with Crippen molar-refractivity contribution >= 4 is 0 Å². The van der Waals surface area contributed by atoms with Crippen molar-refractivity contribution in [3.63, 3.8) is 0 Å². The topological polar surface area (TPSA) is 33.9 Å². The summed E-state index contributed by atoms with van der Waals surface area (Å²) in [6.07, 6.45) is -6.85. The van der Waals surface area contributed by atoms with Crippen molar-refractivity contribution < 1.29 is 27.9 Å². The van der Waals surface area contributed by atoms with Crippen molar-refractivity contribution in [1.82, 2.24) is 0 Å². The van der Waals surface area contributed by atoms with E-state index in [9.17, 15) is 13.2 Å². The maximum absolute atomic E-state index is 12.1. The van der Waals surface area contributed by atoms with Crippen LogP contribution < -0.4 is 4.90 Å². The van der Waals surface area contributed by atoms with E-state index in [0.29, 0.717) is 13.1 Å². The van der Waals surface area contributed by atoms with Crippen LogP contribution in [-0.4, -0.2) is 49.2 Å². The number of nitrogens with one attached hydrogen (secondary N) is 1. The molecule has 0 bridgehead atoms. The number of quaternary nitrogens is 1. The predicted octanol–water partition coefficient (Wildman–Crippen LogP) is -0.398. The maximum Gasteiger partial charge on any atom is 0.419 e. The normalized spacial score (nSPS) is 35.2. The number of alkyl halides is 3. The number of ether oxygens (including phenoxy) is 1. The molecule has 1 heterocycles. The summed E-state index contributed by atoms with van der Waals surface area (Å²) < 4.78 is 41.7. The zero-order valence-electron chi connectivity index (χ0n) is 8.84. The average molecular weight is 228 g/mol. The highest BCUT2D eigenvalue weighted by Gasteiger charge is 2.42. The summed E-state index contributed by atoms with van der Waals surface area (Å²) in [7, 11) is 0. The molecule has 1 unspecified atom stereocenters. The minimum Gasteiger partial charge on any atom is -0.379 e. The van der Waals surface area contributed by atoms with Gasteiger partial charge in [-0.15, -0.1) is 0 Å². The van der Waals surface area contributed by atoms with Crippen LogP contribution in [0.2, 0.25) is 0 Å². The molecular formula is C9H17F3NO2+. The van der Waals surface area contributed by atoms with E-state index in [2.05, 4.69) is 0 Å². The van der Waals surface area contributed by atoms with E-state index < -0.39 is 12.3 Å². The van der Waals surface area contributed by atoms with Crippen molar-refractivity contribution in [2.75, 3.05) is 19.6 Å². The third kappa shape index (κ3) is 3.96. The first-order chi connectivity index (χ1) is 6.79. The third-order valence-electron chi connectivity index (χ3n) is 2.48. The smallest absolute Gasteiger partial charge is 0.379 e. The molecule has 15 heavy (non-hydrogen) atoms. The van der Waals surface area contributed by atoms with Crippen LogP contribution in [-0.2, 0) is 4.74 Å². The van der Waals surface area contributed by atoms with Gasteiger partial charge in [0.15, 0.2) is 6.10 Å². The first kappa shape index (κ1) is 12.7. The Morgan fingerprint density at radius 2 is 1.80 bits per heavy atom. The summed E-state index contributed by atoms with van der Waals surface area (Å²) in [5.41, 5.74) is 0. The highest BCUT2D eigenvalue weighted by atomic mass is 19.4. The Morgan fingerprint density at radius 1 is 1.33 bits per heavy atom. The lowest BCUT2D eigenvalue weighted by atomic mass is 10.2. The van der Waals surface area contributed by atoms with Crippen LogP contribution in [0, 0.1) is 0 Å². The van der Waals surface area contributed by atoms with Crippen LogP contribution >= 0.6 is 0 Å². The molecule has 1 aliphatic heterocycles. The quantitative estimate of drug-likeness (QED) is 0.674. The van der Waals surface area contributed by atoms with Crippen molar-refractivity contribution in [3.05, 3.63) is 0 Å². The van der Waals surface area contributed by atoms with Gasteiger partial charge in [-0.2, -0.15) is 13.2 Å². The third-order valence-corrected chi connectivity index (χ3v) is 2.48. The summed E-state index contributed by atoms with van der Waals surface area (Å²) in [6.45, 7) is 4.39. The van der Waals surface area contributed by atoms with E-state index in [1.807, 2.05) is 13.8 Å². The summed E-state index contributed by atoms with van der Waals surface area (Å²) in [4.78, 5) is 0.742. The molecule has 0 aromatic carbocycles. The Hall–Kier alpha value is -0.330. The lowest BCUT2D eigenvalue weighted by molar-refractivity contribution is -0.919. The molecule has 90 valence electrons. The molecule has 0 spiro atoms. The van der Waals surface area contributed by atoms with Gasteiger partial charge in [-0.1, -0.05) is 0 Å². The second kappa shape index (κ2) is 4.67. The fourth-order valence-corrected chi connectivity index (χ4v) is 1.95. The number of morpholine rings is 1. The van der Waals surface area contributed by atoms with Gasteiger partial charge in [0.25, 0.3) is 0 Å². The molecule has 0 aromatic heterocycles. The molecule has 0 aromatic rings. The van der Waals surface area contributed by atoms with Crippen molar-refractivity contribution in [2.24, 2.45) is 0 Å². The Balaban J connectivity index is 2.44. The predicted molar refractivity (Wildman–Crippen MR) is 47.6 cm³/mol. The minimum absolute atomic E-state index is 0.0517. The molecule has 1 aliphatic rings. The van der Waals surface area contributed by atoms with Gasteiger partial charge in [0.2, 0.25) is 0 Å². The first-order valence-electron chi connectivity index (χ1n) is 5.03. The van der Waals surface area contributed by atoms with Crippen LogP contribution in [0.3, 0.4) is 0 Å². The van der Waals surface area contributed by atoms with Crippen LogP contribution in [0.1, 0.15) is 13.8 Å². The first-order valence-corrected chi connectivity index (χ1v) is 5.03. The highest BCUT2D eigenvalue weighted by molar-refractivity contribution is 4.65. The van der Waals surface area contributed by atoms with E-state index in [1.54, 1.807) is 0 Å². The number of hydrogen-bond donors (Lipinski definition) is 2. The summed E-state index contributed by atoms with van der Waals surface area (Å²) in [5, 5.41) is 8.92. The standard InChI is InChI=1S/C9H16F3NO2/c1-6-3-13(4-7(2)15-6)5-8(14)9(10,11)12/h6-8,14H,3-5H2,1-2H3/p+1/t6-,7+,8-/m0/s1. The monoisotopic (exact) mass is 228 g/mol. The SMILES string of the molecule is C[C@@H]1C[NH+](C[C@H](O)C(F)(F)F)C[C@H](C)O1. The molecule has 3 nitrogen and oxygen atoms in total. The van der Waals surface area contributed by atoms with Crippen LogP contribution in [0.25, 0.3) is 0 Å². The van der Waals surface area contributed by atoms with Gasteiger partial charge in [0.05, 0.1) is 0 Å². The maximum atomic E-state index is 12.1. The number of halogens is 3. The fourth-order valence-electron chi connectivity index (χ4n) is 1.95. The largest absolute Gasteiger partial charge is 0.419 e. The minimum atomic E-state index is -4.52. The van der Waals surface area contributed by atoms with E-state index >= 15 is 0 Å². The van der Waals surface area contributed by atoms with Gasteiger partial charge in [-0.25, -0.2) is 0 Å². The molecule has 1 saturated heterocycles. The van der Waals surface area contributed by atoms with Crippen molar-refractivity contribution in [1.29, 1.82) is 0 Å². The summed E-state index contributed by atoms with van der Waals surface area (Å²) in [6, 6.07) is 0. The molecule has 0 aliphatic carbocycles. The van der Waals surface area contributed by atoms with Crippen LogP contribution in [0.15, 0.2) is 0 Å². The molecule has 1 rings (SSSR count). The second-order valence-electron chi connectivity index (χ2n) is 4.18. The number of hydrogen-bond acceptors (Lipinski definition) is 2. The number of aliphatic hydroxyl groups excluding tert-OH is 1. The van der Waals surface area contributed by atoms with Crippen LogP contribution in [0.4, 0.5) is 13.2 Å². The zero-order valence-corrected chi connectivity index (χ0v) is 8.84. The van der Waals surface area contributed by atoms with Gasteiger partial charge in [-0.05, 0) is 13.8 Å². The molecule has 1 fully saturated rings. The Labute approximate surface area is 86.8 Å². The summed E-state index contributed by atoms with van der Waals surface area (Å²) >= 11 is 0. The van der Waals surface area contributed by atoms with Crippen LogP contribution in [0.5, 0.6) is 0 Å². The van der Waals surface area contributed by atoms with E-state index in [-0.39, 0.29) is 18.8 Å². The second-order valence-corrected chi connectivity index (χ2v) is 4.18. The molecule has 2 N–H and O–H groups in total. The van der Waals surface area contributed by atoms with Crippen molar-refractivity contribution in [2.45, 2.75) is 38.3 Å². The van der Waals surface area contributed by atoms with Gasteiger partial charge in [0, 0.05) is 0 Å². The molecular weight excluding hydrogens is 211 g/mol. The molecule has 0 saturated carbocycles.